The molecule has 7 nitrogen and oxygen atoms in total. The minimum absolute atomic E-state index is 0.167. The first-order valence-electron chi connectivity index (χ1n) is 10.1. The molecule has 0 spiro atoms. The average Bonchev–Trinajstić information content (AvgIpc) is 3.38. The Kier molecular flexibility index (Phi) is 5.40. The summed E-state index contributed by atoms with van der Waals surface area (Å²) >= 11 is 0. The SMILES string of the molecule is Cc1nc(C(=O)N2CC3CN(c4cccc(CCC(N)=O)c4)CC3C2)c(C(F)(F)F)o1. The van der Waals surface area contributed by atoms with Gasteiger partial charge in [0, 0.05) is 57.0 Å². The van der Waals surface area contributed by atoms with E-state index in [-0.39, 0.29) is 30.1 Å². The summed E-state index contributed by atoms with van der Waals surface area (Å²) in [5.74, 6) is -2.26. The minimum atomic E-state index is -4.77. The summed E-state index contributed by atoms with van der Waals surface area (Å²) in [5, 5.41) is 0. The molecule has 1 aromatic carbocycles. The zero-order valence-electron chi connectivity index (χ0n) is 17.0. The molecule has 1 aromatic heterocycles. The van der Waals surface area contributed by atoms with E-state index < -0.39 is 23.5 Å². The van der Waals surface area contributed by atoms with Gasteiger partial charge in [0.2, 0.25) is 11.7 Å². The predicted octanol–water partition coefficient (Wildman–Crippen LogP) is 2.63. The lowest BCUT2D eigenvalue weighted by molar-refractivity contribution is -0.153. The summed E-state index contributed by atoms with van der Waals surface area (Å²) in [7, 11) is 0. The number of nitrogens with two attached hydrogens (primary N) is 1. The van der Waals surface area contributed by atoms with Gasteiger partial charge in [-0.3, -0.25) is 9.59 Å². The van der Waals surface area contributed by atoms with Gasteiger partial charge in [-0.2, -0.15) is 13.2 Å². The molecule has 0 aliphatic carbocycles. The Labute approximate surface area is 177 Å². The van der Waals surface area contributed by atoms with E-state index in [1.54, 1.807) is 0 Å². The number of rotatable bonds is 5. The van der Waals surface area contributed by atoms with E-state index in [1.165, 1.54) is 11.8 Å². The second-order valence-corrected chi connectivity index (χ2v) is 8.18. The zero-order valence-corrected chi connectivity index (χ0v) is 17.0. The summed E-state index contributed by atoms with van der Waals surface area (Å²) < 4.78 is 44.2. The number of aromatic nitrogens is 1. The van der Waals surface area contributed by atoms with Crippen LogP contribution in [0.15, 0.2) is 28.7 Å². The number of carbonyl (C=O) groups is 2. The van der Waals surface area contributed by atoms with Crippen molar-refractivity contribution in [2.24, 2.45) is 17.6 Å². The van der Waals surface area contributed by atoms with Gasteiger partial charge >= 0.3 is 6.18 Å². The normalized spacial score (nSPS) is 20.9. The van der Waals surface area contributed by atoms with Crippen molar-refractivity contribution < 1.29 is 27.2 Å². The molecule has 3 heterocycles. The molecule has 166 valence electrons. The number of fused-ring (bicyclic) bond motifs is 1. The van der Waals surface area contributed by atoms with E-state index in [2.05, 4.69) is 14.3 Å². The van der Waals surface area contributed by atoms with Crippen molar-refractivity contribution in [3.05, 3.63) is 47.2 Å². The third-order valence-electron chi connectivity index (χ3n) is 5.90. The molecular weight excluding hydrogens is 413 g/mol. The third-order valence-corrected chi connectivity index (χ3v) is 5.90. The van der Waals surface area contributed by atoms with Crippen LogP contribution in [0.3, 0.4) is 0 Å². The Balaban J connectivity index is 1.42. The Morgan fingerprint density at radius 3 is 2.48 bits per heavy atom. The van der Waals surface area contributed by atoms with Crippen molar-refractivity contribution >= 4 is 17.5 Å². The van der Waals surface area contributed by atoms with Crippen LogP contribution in [-0.2, 0) is 17.4 Å². The first kappa shape index (κ1) is 21.2. The first-order valence-corrected chi connectivity index (χ1v) is 10.1. The summed E-state index contributed by atoms with van der Waals surface area (Å²) in [5.41, 5.74) is 6.61. The number of aryl methyl sites for hydroxylation is 2. The lowest BCUT2D eigenvalue weighted by Crippen LogP contribution is -2.34. The van der Waals surface area contributed by atoms with Gasteiger partial charge in [0.1, 0.15) is 0 Å². The Hall–Kier alpha value is -3.04. The van der Waals surface area contributed by atoms with E-state index >= 15 is 0 Å². The number of primary amides is 1. The van der Waals surface area contributed by atoms with Crippen LogP contribution in [0.5, 0.6) is 0 Å². The highest BCUT2D eigenvalue weighted by Crippen LogP contribution is 2.37. The second-order valence-electron chi connectivity index (χ2n) is 8.18. The number of alkyl halides is 3. The highest BCUT2D eigenvalue weighted by molar-refractivity contribution is 5.93. The van der Waals surface area contributed by atoms with Crippen LogP contribution in [0.4, 0.5) is 18.9 Å². The molecule has 2 N–H and O–H groups in total. The second kappa shape index (κ2) is 7.90. The summed E-state index contributed by atoms with van der Waals surface area (Å²) in [6.45, 7) is 3.46. The number of halogens is 3. The van der Waals surface area contributed by atoms with E-state index in [0.717, 1.165) is 11.3 Å². The molecule has 10 heteroatoms. The van der Waals surface area contributed by atoms with Gasteiger partial charge in [-0.25, -0.2) is 4.98 Å². The number of hydrogen-bond acceptors (Lipinski definition) is 5. The largest absolute Gasteiger partial charge is 0.452 e. The van der Waals surface area contributed by atoms with Crippen LogP contribution in [0.25, 0.3) is 0 Å². The number of anilines is 1. The highest BCUT2D eigenvalue weighted by Gasteiger charge is 2.46. The number of benzene rings is 1. The van der Waals surface area contributed by atoms with Gasteiger partial charge < -0.3 is 20.0 Å². The molecule has 2 fully saturated rings. The van der Waals surface area contributed by atoms with Crippen LogP contribution >= 0.6 is 0 Å². The van der Waals surface area contributed by atoms with Crippen molar-refractivity contribution in [3.8, 4) is 0 Å². The first-order chi connectivity index (χ1) is 14.6. The number of carbonyl (C=O) groups excluding carboxylic acids is 2. The highest BCUT2D eigenvalue weighted by atomic mass is 19.4. The van der Waals surface area contributed by atoms with Crippen LogP contribution in [0.1, 0.15) is 34.1 Å². The molecule has 0 radical (unpaired) electrons. The van der Waals surface area contributed by atoms with Gasteiger partial charge in [0.05, 0.1) is 0 Å². The lowest BCUT2D eigenvalue weighted by atomic mass is 10.0. The fourth-order valence-electron chi connectivity index (χ4n) is 4.46. The monoisotopic (exact) mass is 436 g/mol. The molecule has 2 saturated heterocycles. The summed E-state index contributed by atoms with van der Waals surface area (Å²) in [6.07, 6.45) is -3.91. The van der Waals surface area contributed by atoms with Crippen LogP contribution in [0, 0.1) is 18.8 Å². The minimum Gasteiger partial charge on any atom is -0.436 e. The summed E-state index contributed by atoms with van der Waals surface area (Å²) in [4.78, 5) is 31.1. The topological polar surface area (TPSA) is 92.7 Å². The molecule has 2 aliphatic rings. The maximum atomic E-state index is 13.2. The number of oxazole rings is 1. The van der Waals surface area contributed by atoms with Gasteiger partial charge in [0.15, 0.2) is 11.6 Å². The molecule has 0 saturated carbocycles. The van der Waals surface area contributed by atoms with Gasteiger partial charge in [-0.05, 0) is 24.1 Å². The number of likely N-dealkylation sites (tertiary alicyclic amines) is 1. The van der Waals surface area contributed by atoms with Crippen LogP contribution < -0.4 is 10.6 Å². The van der Waals surface area contributed by atoms with E-state index in [9.17, 15) is 22.8 Å². The predicted molar refractivity (Wildman–Crippen MR) is 105 cm³/mol. The van der Waals surface area contributed by atoms with Crippen molar-refractivity contribution in [2.75, 3.05) is 31.1 Å². The maximum Gasteiger partial charge on any atom is 0.452 e. The Bertz CT molecular complexity index is 990. The lowest BCUT2D eigenvalue weighted by Gasteiger charge is -2.23. The molecule has 4 rings (SSSR count). The fraction of sp³-hybridized carbons (Fsp3) is 0.476. The van der Waals surface area contributed by atoms with Crippen LogP contribution in [0.2, 0.25) is 0 Å². The third kappa shape index (κ3) is 4.38. The molecular formula is C21H23F3N4O3. The van der Waals surface area contributed by atoms with Gasteiger partial charge in [-0.1, -0.05) is 12.1 Å². The van der Waals surface area contributed by atoms with Gasteiger partial charge in [0.25, 0.3) is 5.91 Å². The molecule has 2 aromatic rings. The van der Waals surface area contributed by atoms with E-state index in [0.29, 0.717) is 32.6 Å². The number of nitrogens with zero attached hydrogens (tertiary/aromatic N) is 3. The van der Waals surface area contributed by atoms with Crippen molar-refractivity contribution in [1.82, 2.24) is 9.88 Å². The molecule has 0 bridgehead atoms. The van der Waals surface area contributed by atoms with Gasteiger partial charge in [-0.15, -0.1) is 0 Å². The molecule has 31 heavy (non-hydrogen) atoms. The zero-order chi connectivity index (χ0) is 22.3. The average molecular weight is 436 g/mol. The standard InChI is InChI=1S/C21H23F3N4O3/c1-12-26-18(19(31-12)21(22,23)24)20(30)28-10-14-8-27(9-15(14)11-28)16-4-2-3-13(7-16)5-6-17(25)29/h2-4,7,14-15H,5-6,8-11H2,1H3,(H2,25,29). The molecule has 2 amide bonds. The fourth-order valence-corrected chi connectivity index (χ4v) is 4.46. The summed E-state index contributed by atoms with van der Waals surface area (Å²) in [6, 6.07) is 7.90. The van der Waals surface area contributed by atoms with Crippen molar-refractivity contribution in [2.45, 2.75) is 25.9 Å². The molecule has 2 unspecified atom stereocenters. The number of hydrogen-bond donors (Lipinski definition) is 1. The Morgan fingerprint density at radius 1 is 1.19 bits per heavy atom. The molecule has 2 atom stereocenters. The van der Waals surface area contributed by atoms with E-state index in [4.69, 9.17) is 5.73 Å². The quantitative estimate of drug-likeness (QED) is 0.778. The number of amides is 2. The van der Waals surface area contributed by atoms with Crippen LogP contribution in [-0.4, -0.2) is 47.9 Å². The molecule has 2 aliphatic heterocycles. The smallest absolute Gasteiger partial charge is 0.436 e. The van der Waals surface area contributed by atoms with Crippen molar-refractivity contribution in [1.29, 1.82) is 0 Å². The Morgan fingerprint density at radius 2 is 1.87 bits per heavy atom. The maximum absolute atomic E-state index is 13.2. The van der Waals surface area contributed by atoms with Crippen molar-refractivity contribution in [3.63, 3.8) is 0 Å². The van der Waals surface area contributed by atoms with E-state index in [1.807, 2.05) is 24.3 Å².